The number of allylic oxidation sites excluding steroid dienone is 1. The van der Waals surface area contributed by atoms with Gasteiger partial charge in [0.25, 0.3) is 0 Å². The van der Waals surface area contributed by atoms with Crippen molar-refractivity contribution < 1.29 is 0 Å². The molecule has 0 heterocycles. The maximum absolute atomic E-state index is 5.56. The zero-order chi connectivity index (χ0) is 17.2. The first-order valence-electron chi connectivity index (χ1n) is 10.4. The summed E-state index contributed by atoms with van der Waals surface area (Å²) in [6.45, 7) is 4.33. The van der Waals surface area contributed by atoms with E-state index in [0.717, 1.165) is 12.0 Å². The molecule has 0 aromatic rings. The maximum atomic E-state index is 5.56. The van der Waals surface area contributed by atoms with E-state index >= 15 is 0 Å². The lowest BCUT2D eigenvalue weighted by Gasteiger charge is -2.04. The van der Waals surface area contributed by atoms with Crippen LogP contribution in [0.25, 0.3) is 0 Å². The van der Waals surface area contributed by atoms with Gasteiger partial charge < -0.3 is 11.5 Å². The van der Waals surface area contributed by atoms with Crippen molar-refractivity contribution in [1.82, 2.24) is 0 Å². The van der Waals surface area contributed by atoms with Crippen LogP contribution in [0.4, 0.5) is 0 Å². The Labute approximate surface area is 170 Å². The van der Waals surface area contributed by atoms with Gasteiger partial charge in [-0.15, -0.1) is 24.8 Å². The van der Waals surface area contributed by atoms with Gasteiger partial charge in [0, 0.05) is 0 Å². The molecule has 0 unspecified atom stereocenters. The Kier molecular flexibility index (Phi) is 28.4. The summed E-state index contributed by atoms with van der Waals surface area (Å²) in [4.78, 5) is 0. The molecule has 0 radical (unpaired) electrons. The summed E-state index contributed by atoms with van der Waals surface area (Å²) in [6.07, 6.45) is 23.7. The minimum Gasteiger partial charge on any atom is -0.386 e. The fourth-order valence-corrected chi connectivity index (χ4v) is 3.08. The van der Waals surface area contributed by atoms with Gasteiger partial charge in [-0.3, -0.25) is 0 Å². The molecule has 0 saturated heterocycles. The normalized spacial score (nSPS) is 10.0. The SMILES string of the molecule is CCCCCCCCCCCCCCCCCCC(C)=C(N)N.Cl.Cl. The van der Waals surface area contributed by atoms with E-state index in [1.165, 1.54) is 103 Å². The van der Waals surface area contributed by atoms with Crippen molar-refractivity contribution in [2.75, 3.05) is 0 Å². The van der Waals surface area contributed by atoms with Gasteiger partial charge in [0.05, 0.1) is 5.82 Å². The summed E-state index contributed by atoms with van der Waals surface area (Å²) in [6, 6.07) is 0. The second-order valence-corrected chi connectivity index (χ2v) is 7.29. The molecule has 0 aromatic carbocycles. The predicted molar refractivity (Wildman–Crippen MR) is 120 cm³/mol. The van der Waals surface area contributed by atoms with Crippen LogP contribution in [0.1, 0.15) is 123 Å². The maximum Gasteiger partial charge on any atom is 0.0922 e. The number of hydrogen-bond acceptors (Lipinski definition) is 2. The van der Waals surface area contributed by atoms with Crippen LogP contribution in [0, 0.1) is 0 Å². The van der Waals surface area contributed by atoms with Crippen molar-refractivity contribution in [3.63, 3.8) is 0 Å². The molecule has 0 amide bonds. The van der Waals surface area contributed by atoms with Gasteiger partial charge in [0.2, 0.25) is 0 Å². The fourth-order valence-electron chi connectivity index (χ4n) is 3.08. The number of nitrogens with two attached hydrogens (primary N) is 2. The van der Waals surface area contributed by atoms with Crippen LogP contribution < -0.4 is 11.5 Å². The third kappa shape index (κ3) is 23.9. The molecule has 0 saturated carbocycles. The second kappa shape index (κ2) is 23.9. The molecule has 0 aliphatic carbocycles. The highest BCUT2D eigenvalue weighted by atomic mass is 35.5. The summed E-state index contributed by atoms with van der Waals surface area (Å²) >= 11 is 0. The van der Waals surface area contributed by atoms with Crippen LogP contribution in [-0.2, 0) is 0 Å². The smallest absolute Gasteiger partial charge is 0.0922 e. The molecule has 0 aromatic heterocycles. The Balaban J connectivity index is -0.00000242. The topological polar surface area (TPSA) is 52.0 Å². The quantitative estimate of drug-likeness (QED) is 0.248. The lowest BCUT2D eigenvalue weighted by atomic mass is 10.0. The molecule has 0 rings (SSSR count). The summed E-state index contributed by atoms with van der Waals surface area (Å²) < 4.78 is 0. The van der Waals surface area contributed by atoms with Crippen LogP contribution in [-0.4, -0.2) is 0 Å². The van der Waals surface area contributed by atoms with E-state index in [1.54, 1.807) is 0 Å². The number of rotatable bonds is 17. The minimum atomic E-state index is 0. The van der Waals surface area contributed by atoms with E-state index in [2.05, 4.69) is 6.92 Å². The van der Waals surface area contributed by atoms with Crippen molar-refractivity contribution in [2.45, 2.75) is 123 Å². The average molecular weight is 398 g/mol. The molecule has 0 bridgehead atoms. The third-order valence-electron chi connectivity index (χ3n) is 4.90. The van der Waals surface area contributed by atoms with Gasteiger partial charge >= 0.3 is 0 Å². The highest BCUT2D eigenvalue weighted by molar-refractivity contribution is 5.85. The first-order chi connectivity index (χ1) is 11.2. The summed E-state index contributed by atoms with van der Waals surface area (Å²) in [5, 5.41) is 0. The van der Waals surface area contributed by atoms with E-state index in [4.69, 9.17) is 11.5 Å². The zero-order valence-electron chi connectivity index (χ0n) is 17.0. The Morgan fingerprint density at radius 1 is 0.520 bits per heavy atom. The fraction of sp³-hybridized carbons (Fsp3) is 0.905. The van der Waals surface area contributed by atoms with Crippen LogP contribution in [0.5, 0.6) is 0 Å². The molecule has 154 valence electrons. The largest absolute Gasteiger partial charge is 0.386 e. The third-order valence-corrected chi connectivity index (χ3v) is 4.90. The van der Waals surface area contributed by atoms with E-state index in [-0.39, 0.29) is 24.8 Å². The summed E-state index contributed by atoms with van der Waals surface area (Å²) in [7, 11) is 0. The van der Waals surface area contributed by atoms with E-state index in [9.17, 15) is 0 Å². The molecule has 0 fully saturated rings. The monoisotopic (exact) mass is 396 g/mol. The van der Waals surface area contributed by atoms with Crippen molar-refractivity contribution >= 4 is 24.8 Å². The molecular formula is C21H46Cl2N2. The van der Waals surface area contributed by atoms with Gasteiger partial charge in [0.15, 0.2) is 0 Å². The molecule has 0 atom stereocenters. The van der Waals surface area contributed by atoms with E-state index in [0.29, 0.717) is 5.82 Å². The molecule has 0 spiro atoms. The Hall–Kier alpha value is -0.0800. The van der Waals surface area contributed by atoms with Crippen LogP contribution >= 0.6 is 24.8 Å². The number of hydrogen-bond donors (Lipinski definition) is 2. The predicted octanol–water partition coefficient (Wildman–Crippen LogP) is 7.63. The van der Waals surface area contributed by atoms with Crippen molar-refractivity contribution in [1.29, 1.82) is 0 Å². The van der Waals surface area contributed by atoms with Gasteiger partial charge in [-0.25, -0.2) is 0 Å². The van der Waals surface area contributed by atoms with Crippen molar-refractivity contribution in [2.24, 2.45) is 11.5 Å². The van der Waals surface area contributed by atoms with Gasteiger partial charge in [-0.05, 0) is 25.3 Å². The first kappa shape index (κ1) is 29.7. The highest BCUT2D eigenvalue weighted by Crippen LogP contribution is 2.15. The van der Waals surface area contributed by atoms with Crippen LogP contribution in [0.2, 0.25) is 0 Å². The van der Waals surface area contributed by atoms with Gasteiger partial charge in [-0.1, -0.05) is 103 Å². The molecule has 0 aliphatic rings. The standard InChI is InChI=1S/C21H44N2.2ClH/c1-3-4-5-6-7-8-9-10-11-12-13-14-15-16-17-18-19-20(2)21(22)23;;/h3-19,22-23H2,1-2H3;2*1H. The Bertz CT molecular complexity index is 277. The number of halogens is 2. The van der Waals surface area contributed by atoms with Crippen LogP contribution in [0.15, 0.2) is 11.4 Å². The molecule has 25 heavy (non-hydrogen) atoms. The van der Waals surface area contributed by atoms with Crippen LogP contribution in [0.3, 0.4) is 0 Å². The minimum absolute atomic E-state index is 0. The highest BCUT2D eigenvalue weighted by Gasteiger charge is 1.96. The first-order valence-corrected chi connectivity index (χ1v) is 10.4. The van der Waals surface area contributed by atoms with Crippen molar-refractivity contribution in [3.05, 3.63) is 11.4 Å². The summed E-state index contributed by atoms with van der Waals surface area (Å²) in [5.74, 6) is 0.519. The van der Waals surface area contributed by atoms with Gasteiger partial charge in [0.1, 0.15) is 0 Å². The van der Waals surface area contributed by atoms with Gasteiger partial charge in [-0.2, -0.15) is 0 Å². The average Bonchev–Trinajstić information content (AvgIpc) is 2.54. The molecule has 2 nitrogen and oxygen atoms in total. The molecule has 4 N–H and O–H groups in total. The van der Waals surface area contributed by atoms with E-state index in [1.807, 2.05) is 6.92 Å². The lowest BCUT2D eigenvalue weighted by molar-refractivity contribution is 0.529. The zero-order valence-corrected chi connectivity index (χ0v) is 18.6. The Morgan fingerprint density at radius 2 is 0.800 bits per heavy atom. The molecule has 4 heteroatoms. The van der Waals surface area contributed by atoms with Crippen molar-refractivity contribution in [3.8, 4) is 0 Å². The molecular weight excluding hydrogens is 351 g/mol. The second-order valence-electron chi connectivity index (χ2n) is 7.29. The number of unbranched alkanes of at least 4 members (excludes halogenated alkanes) is 15. The van der Waals surface area contributed by atoms with E-state index < -0.39 is 0 Å². The summed E-state index contributed by atoms with van der Waals surface area (Å²) in [5.41, 5.74) is 12.3. The Morgan fingerprint density at radius 3 is 1.08 bits per heavy atom. The molecule has 0 aliphatic heterocycles. The lowest BCUT2D eigenvalue weighted by Crippen LogP contribution is -2.10.